The average molecular weight is 521 g/mol. The second-order valence-corrected chi connectivity index (χ2v) is 10.3. The second-order valence-electron chi connectivity index (χ2n) is 8.31. The molecule has 0 fully saturated rings. The maximum absolute atomic E-state index is 13.3. The summed E-state index contributed by atoms with van der Waals surface area (Å²) < 4.78 is 38.7. The molecule has 1 aromatic heterocycles. The van der Waals surface area contributed by atoms with Gasteiger partial charge in [-0.25, -0.2) is 8.42 Å². The molecule has 1 unspecified atom stereocenters. The molecule has 1 atom stereocenters. The summed E-state index contributed by atoms with van der Waals surface area (Å²) in [6.07, 6.45) is -1.05. The number of hydrogen-bond acceptors (Lipinski definition) is 6. The first-order chi connectivity index (χ1) is 17.8. The molecule has 8 nitrogen and oxygen atoms in total. The summed E-state index contributed by atoms with van der Waals surface area (Å²) in [5.74, 6) is -0.339. The average Bonchev–Trinajstić information content (AvgIpc) is 2.91. The molecule has 37 heavy (non-hydrogen) atoms. The monoisotopic (exact) mass is 520 g/mol. The minimum Gasteiger partial charge on any atom is -0.473 e. The molecule has 0 aliphatic rings. The van der Waals surface area contributed by atoms with Gasteiger partial charge in [-0.15, -0.1) is 0 Å². The van der Waals surface area contributed by atoms with Gasteiger partial charge < -0.3 is 14.5 Å². The van der Waals surface area contributed by atoms with Crippen molar-refractivity contribution in [1.29, 1.82) is 0 Å². The molecule has 0 saturated carbocycles. The summed E-state index contributed by atoms with van der Waals surface area (Å²) in [5.41, 5.74) is 1.06. The molecule has 1 amide bonds. The third kappa shape index (κ3) is 5.42. The fourth-order valence-corrected chi connectivity index (χ4v) is 5.37. The maximum Gasteiger partial charge on any atom is 0.265 e. The molecule has 0 saturated heterocycles. The maximum atomic E-state index is 13.3. The Morgan fingerprint density at radius 1 is 0.946 bits per heavy atom. The number of anilines is 1. The first-order valence-corrected chi connectivity index (χ1v) is 13.4. The smallest absolute Gasteiger partial charge is 0.265 e. The number of rotatable bonds is 9. The van der Waals surface area contributed by atoms with Gasteiger partial charge in [0, 0.05) is 24.3 Å². The number of carbonyl (C=O) groups excluding carboxylic acids is 1. The van der Waals surface area contributed by atoms with Crippen LogP contribution in [0.1, 0.15) is 20.8 Å². The molecular weight excluding hydrogens is 492 g/mol. The zero-order chi connectivity index (χ0) is 26.6. The largest absolute Gasteiger partial charge is 0.473 e. The minimum absolute atomic E-state index is 0.0618. The highest BCUT2D eigenvalue weighted by atomic mass is 32.2. The number of para-hydroxylation sites is 1. The van der Waals surface area contributed by atoms with E-state index in [2.05, 4.69) is 5.32 Å². The van der Waals surface area contributed by atoms with E-state index < -0.39 is 22.0 Å². The summed E-state index contributed by atoms with van der Waals surface area (Å²) in [5, 5.41) is 3.05. The standard InChI is InChI=1S/C28H28N2O6S/c1-4-30(5-2)37(33,34)22-17-15-21(16-18-22)29-28(32)19(3)35-27-25(31)23-13-9-10-14-24(23)36-26(27)20-11-7-6-8-12-20/h6-19H,4-5H2,1-3H3,(H,29,32). The Labute approximate surface area is 215 Å². The lowest BCUT2D eigenvalue weighted by Crippen LogP contribution is -2.32. The summed E-state index contributed by atoms with van der Waals surface area (Å²) >= 11 is 0. The van der Waals surface area contributed by atoms with E-state index in [1.165, 1.54) is 35.5 Å². The molecule has 1 heterocycles. The Bertz CT molecular complexity index is 1560. The lowest BCUT2D eigenvalue weighted by molar-refractivity contribution is -0.122. The molecule has 0 spiro atoms. The normalized spacial score (nSPS) is 12.4. The van der Waals surface area contributed by atoms with Crippen LogP contribution in [-0.4, -0.2) is 37.8 Å². The van der Waals surface area contributed by atoms with E-state index in [0.29, 0.717) is 35.3 Å². The van der Waals surface area contributed by atoms with Crippen LogP contribution in [-0.2, 0) is 14.8 Å². The van der Waals surface area contributed by atoms with Crippen LogP contribution in [0.15, 0.2) is 93.0 Å². The van der Waals surface area contributed by atoms with Crippen molar-refractivity contribution in [3.63, 3.8) is 0 Å². The Balaban J connectivity index is 1.58. The van der Waals surface area contributed by atoms with Gasteiger partial charge in [0.25, 0.3) is 5.91 Å². The lowest BCUT2D eigenvalue weighted by atomic mass is 10.1. The van der Waals surface area contributed by atoms with Crippen molar-refractivity contribution >= 4 is 32.6 Å². The Morgan fingerprint density at radius 3 is 2.22 bits per heavy atom. The van der Waals surface area contributed by atoms with Gasteiger partial charge in [0.1, 0.15) is 5.58 Å². The third-order valence-electron chi connectivity index (χ3n) is 5.92. The Hall–Kier alpha value is -3.95. The van der Waals surface area contributed by atoms with Crippen LogP contribution >= 0.6 is 0 Å². The SMILES string of the molecule is CCN(CC)S(=O)(=O)c1ccc(NC(=O)C(C)Oc2c(-c3ccccc3)oc3ccccc3c2=O)cc1. The molecule has 0 aliphatic heterocycles. The zero-order valence-electron chi connectivity index (χ0n) is 20.8. The fraction of sp³-hybridized carbons (Fsp3) is 0.214. The molecule has 0 aliphatic carbocycles. The quantitative estimate of drug-likeness (QED) is 0.337. The highest BCUT2D eigenvalue weighted by Crippen LogP contribution is 2.31. The van der Waals surface area contributed by atoms with Crippen LogP contribution in [0.3, 0.4) is 0 Å². The fourth-order valence-electron chi connectivity index (χ4n) is 3.91. The highest BCUT2D eigenvalue weighted by Gasteiger charge is 2.24. The number of carbonyl (C=O) groups is 1. The lowest BCUT2D eigenvalue weighted by Gasteiger charge is -2.19. The van der Waals surface area contributed by atoms with Crippen LogP contribution in [0.25, 0.3) is 22.3 Å². The van der Waals surface area contributed by atoms with Gasteiger partial charge in [0.15, 0.2) is 11.9 Å². The van der Waals surface area contributed by atoms with Crippen LogP contribution in [0.5, 0.6) is 5.75 Å². The van der Waals surface area contributed by atoms with E-state index in [1.807, 2.05) is 18.2 Å². The van der Waals surface area contributed by atoms with Crippen molar-refractivity contribution in [3.05, 3.63) is 89.1 Å². The Morgan fingerprint density at radius 2 is 1.57 bits per heavy atom. The van der Waals surface area contributed by atoms with Crippen molar-refractivity contribution in [2.45, 2.75) is 31.8 Å². The van der Waals surface area contributed by atoms with E-state index >= 15 is 0 Å². The van der Waals surface area contributed by atoms with E-state index in [4.69, 9.17) is 9.15 Å². The van der Waals surface area contributed by atoms with Gasteiger partial charge >= 0.3 is 0 Å². The topological polar surface area (TPSA) is 106 Å². The van der Waals surface area contributed by atoms with E-state index in [9.17, 15) is 18.0 Å². The molecule has 192 valence electrons. The van der Waals surface area contributed by atoms with Gasteiger partial charge in [-0.2, -0.15) is 4.31 Å². The number of benzene rings is 3. The van der Waals surface area contributed by atoms with E-state index in [-0.39, 0.29) is 21.8 Å². The molecule has 0 radical (unpaired) electrons. The van der Waals surface area contributed by atoms with Crippen molar-refractivity contribution in [2.75, 3.05) is 18.4 Å². The summed E-state index contributed by atoms with van der Waals surface area (Å²) in [4.78, 5) is 26.4. The molecular formula is C28H28N2O6S. The highest BCUT2D eigenvalue weighted by molar-refractivity contribution is 7.89. The number of fused-ring (bicyclic) bond motifs is 1. The molecule has 3 aromatic carbocycles. The summed E-state index contributed by atoms with van der Waals surface area (Å²) in [7, 11) is -3.61. The molecule has 9 heteroatoms. The zero-order valence-corrected chi connectivity index (χ0v) is 21.6. The summed E-state index contributed by atoms with van der Waals surface area (Å²) in [6.45, 7) is 5.80. The minimum atomic E-state index is -3.61. The number of ether oxygens (including phenoxy) is 1. The van der Waals surface area contributed by atoms with Gasteiger partial charge in [-0.05, 0) is 43.3 Å². The van der Waals surface area contributed by atoms with Crippen molar-refractivity contribution in [2.24, 2.45) is 0 Å². The number of nitrogens with zero attached hydrogens (tertiary/aromatic N) is 1. The van der Waals surface area contributed by atoms with Crippen molar-refractivity contribution < 1.29 is 22.4 Å². The molecule has 1 N–H and O–H groups in total. The Kier molecular flexibility index (Phi) is 7.75. The molecule has 0 bridgehead atoms. The van der Waals surface area contributed by atoms with Gasteiger partial charge in [0.2, 0.25) is 21.2 Å². The summed E-state index contributed by atoms with van der Waals surface area (Å²) in [6, 6.07) is 21.8. The van der Waals surface area contributed by atoms with Crippen LogP contribution in [0.4, 0.5) is 5.69 Å². The van der Waals surface area contributed by atoms with E-state index in [0.717, 1.165) is 0 Å². The number of amides is 1. The van der Waals surface area contributed by atoms with Crippen LogP contribution in [0.2, 0.25) is 0 Å². The van der Waals surface area contributed by atoms with Crippen LogP contribution in [0, 0.1) is 0 Å². The molecule has 4 aromatic rings. The number of sulfonamides is 1. The van der Waals surface area contributed by atoms with Crippen molar-refractivity contribution in [3.8, 4) is 17.1 Å². The number of nitrogens with one attached hydrogen (secondary N) is 1. The first-order valence-electron chi connectivity index (χ1n) is 11.9. The number of hydrogen-bond donors (Lipinski definition) is 1. The van der Waals surface area contributed by atoms with E-state index in [1.54, 1.807) is 50.2 Å². The molecule has 4 rings (SSSR count). The van der Waals surface area contributed by atoms with Gasteiger partial charge in [0.05, 0.1) is 10.3 Å². The predicted octanol–water partition coefficient (Wildman–Crippen LogP) is 4.90. The first kappa shape index (κ1) is 26.1. The van der Waals surface area contributed by atoms with Crippen LogP contribution < -0.4 is 15.5 Å². The van der Waals surface area contributed by atoms with Crippen molar-refractivity contribution in [1.82, 2.24) is 4.31 Å². The van der Waals surface area contributed by atoms with Gasteiger partial charge in [-0.3, -0.25) is 9.59 Å². The predicted molar refractivity (Wildman–Crippen MR) is 143 cm³/mol. The van der Waals surface area contributed by atoms with Gasteiger partial charge in [-0.1, -0.05) is 56.3 Å². The second kappa shape index (κ2) is 11.0. The third-order valence-corrected chi connectivity index (χ3v) is 7.99.